The van der Waals surface area contributed by atoms with Crippen LogP contribution < -0.4 is 0 Å². The van der Waals surface area contributed by atoms with E-state index >= 15 is 0 Å². The summed E-state index contributed by atoms with van der Waals surface area (Å²) in [5, 5.41) is 0. The second-order valence-corrected chi connectivity index (χ2v) is 8.02. The van der Waals surface area contributed by atoms with Crippen molar-refractivity contribution in [3.05, 3.63) is 65.2 Å². The Hall–Kier alpha value is -2.32. The van der Waals surface area contributed by atoms with E-state index in [9.17, 15) is 18.0 Å². The first kappa shape index (κ1) is 17.5. The quantitative estimate of drug-likeness (QED) is 0.562. The Morgan fingerprint density at radius 3 is 2.04 bits per heavy atom. The van der Waals surface area contributed by atoms with Crippen LogP contribution in [0, 0.1) is 6.92 Å². The van der Waals surface area contributed by atoms with Gasteiger partial charge in [-0.3, -0.25) is 14.5 Å². The Morgan fingerprint density at radius 2 is 1.52 bits per heavy atom. The van der Waals surface area contributed by atoms with Crippen LogP contribution in [0.3, 0.4) is 0 Å². The minimum Gasteiger partial charge on any atom is -0.269 e. The van der Waals surface area contributed by atoms with Crippen LogP contribution in [0.4, 0.5) is 0 Å². The molecule has 0 aliphatic carbocycles. The second-order valence-electron chi connectivity index (χ2n) is 5.50. The molecule has 0 saturated carbocycles. The number of nitrogens with zero attached hydrogens (tertiary/aromatic N) is 2. The number of amides is 2. The summed E-state index contributed by atoms with van der Waals surface area (Å²) in [7, 11) is -3.93. The molecule has 0 fully saturated rings. The van der Waals surface area contributed by atoms with E-state index in [1.165, 1.54) is 12.1 Å². The predicted octanol–water partition coefficient (Wildman–Crippen LogP) is 2.77. The van der Waals surface area contributed by atoms with Gasteiger partial charge in [-0.2, -0.15) is 12.8 Å². The third kappa shape index (κ3) is 3.40. The van der Waals surface area contributed by atoms with E-state index in [1.807, 2.05) is 6.92 Å². The number of sulfonamides is 1. The van der Waals surface area contributed by atoms with Crippen LogP contribution in [0.5, 0.6) is 0 Å². The van der Waals surface area contributed by atoms with Gasteiger partial charge >= 0.3 is 0 Å². The van der Waals surface area contributed by atoms with Crippen LogP contribution in [-0.2, 0) is 10.0 Å². The van der Waals surface area contributed by atoms with Crippen molar-refractivity contribution in [2.45, 2.75) is 11.8 Å². The Bertz CT molecular complexity index is 963. The zero-order valence-corrected chi connectivity index (χ0v) is 15.5. The van der Waals surface area contributed by atoms with Gasteiger partial charge < -0.3 is 0 Å². The molecule has 8 heteroatoms. The molecular weight excluding hydrogens is 408 g/mol. The fourth-order valence-corrected chi connectivity index (χ4v) is 4.16. The summed E-state index contributed by atoms with van der Waals surface area (Å²) in [6.07, 6.45) is 0. The lowest BCUT2D eigenvalue weighted by atomic mass is 10.1. The van der Waals surface area contributed by atoms with Crippen molar-refractivity contribution in [2.24, 2.45) is 4.40 Å². The third-order valence-electron chi connectivity index (χ3n) is 3.70. The molecule has 128 valence electrons. The third-order valence-corrected chi connectivity index (χ3v) is 5.70. The van der Waals surface area contributed by atoms with Crippen molar-refractivity contribution >= 4 is 42.4 Å². The number of carbonyl (C=O) groups excluding carboxylic acids is 2. The lowest BCUT2D eigenvalue weighted by Gasteiger charge is -2.12. The molecular formula is C17H13BrN2O4S. The zero-order chi connectivity index (χ0) is 18.2. The molecule has 0 saturated heterocycles. The SMILES string of the molecule is Cc1ccc(S(=O)(=O)/N=C(\Br)CN2C(=O)c3ccccc3C2=O)cc1. The van der Waals surface area contributed by atoms with E-state index in [0.717, 1.165) is 10.5 Å². The first-order valence-electron chi connectivity index (χ1n) is 7.31. The first-order chi connectivity index (χ1) is 11.8. The van der Waals surface area contributed by atoms with Crippen LogP contribution in [-0.4, -0.2) is 36.3 Å². The van der Waals surface area contributed by atoms with Gasteiger partial charge in [0.1, 0.15) is 4.62 Å². The number of hydrogen-bond acceptors (Lipinski definition) is 4. The fourth-order valence-electron chi connectivity index (χ4n) is 2.44. The van der Waals surface area contributed by atoms with E-state index in [2.05, 4.69) is 20.3 Å². The topological polar surface area (TPSA) is 83.9 Å². The van der Waals surface area contributed by atoms with Crippen molar-refractivity contribution in [1.29, 1.82) is 0 Å². The molecule has 0 N–H and O–H groups in total. The van der Waals surface area contributed by atoms with Crippen LogP contribution in [0.15, 0.2) is 57.8 Å². The predicted molar refractivity (Wildman–Crippen MR) is 96.5 cm³/mol. The molecule has 2 amide bonds. The van der Waals surface area contributed by atoms with Gasteiger partial charge in [0.2, 0.25) is 0 Å². The standard InChI is InChI=1S/C17H13BrN2O4S/c1-11-6-8-12(9-7-11)25(23,24)19-15(18)10-20-16(21)13-4-2-3-5-14(13)17(20)22/h2-9H,10H2,1H3/b19-15-. The molecule has 6 nitrogen and oxygen atoms in total. The molecule has 2 aromatic rings. The van der Waals surface area contributed by atoms with Gasteiger partial charge in [0.25, 0.3) is 21.8 Å². The first-order valence-corrected chi connectivity index (χ1v) is 9.54. The average Bonchev–Trinajstić information content (AvgIpc) is 2.80. The number of hydrogen-bond donors (Lipinski definition) is 0. The number of fused-ring (bicyclic) bond motifs is 1. The number of rotatable bonds is 4. The minimum atomic E-state index is -3.93. The molecule has 25 heavy (non-hydrogen) atoms. The lowest BCUT2D eigenvalue weighted by Crippen LogP contribution is -2.33. The van der Waals surface area contributed by atoms with Gasteiger partial charge in [0, 0.05) is 0 Å². The highest BCUT2D eigenvalue weighted by molar-refractivity contribution is 9.18. The van der Waals surface area contributed by atoms with Crippen LogP contribution >= 0.6 is 15.9 Å². The minimum absolute atomic E-state index is 0.0254. The van der Waals surface area contributed by atoms with Gasteiger partial charge in [-0.05, 0) is 47.1 Å². The van der Waals surface area contributed by atoms with Crippen LogP contribution in [0.25, 0.3) is 0 Å². The van der Waals surface area contributed by atoms with Crippen LogP contribution in [0.1, 0.15) is 26.3 Å². The second kappa shape index (κ2) is 6.53. The van der Waals surface area contributed by atoms with E-state index in [4.69, 9.17) is 0 Å². The number of imide groups is 1. The normalized spacial score (nSPS) is 14.8. The highest BCUT2D eigenvalue weighted by Gasteiger charge is 2.35. The van der Waals surface area contributed by atoms with Crippen molar-refractivity contribution in [2.75, 3.05) is 6.54 Å². The highest BCUT2D eigenvalue weighted by atomic mass is 79.9. The molecule has 1 aliphatic rings. The maximum atomic E-state index is 12.3. The molecule has 3 rings (SSSR count). The largest absolute Gasteiger partial charge is 0.283 e. The molecule has 0 radical (unpaired) electrons. The van der Waals surface area contributed by atoms with Gasteiger partial charge in [0.05, 0.1) is 22.6 Å². The van der Waals surface area contributed by atoms with Gasteiger partial charge in [0.15, 0.2) is 0 Å². The van der Waals surface area contributed by atoms with E-state index in [1.54, 1.807) is 36.4 Å². The number of carbonyl (C=O) groups is 2. The molecule has 0 aromatic heterocycles. The number of aryl methyl sites for hydroxylation is 1. The van der Waals surface area contributed by atoms with Crippen molar-refractivity contribution in [1.82, 2.24) is 4.90 Å². The summed E-state index contributed by atoms with van der Waals surface area (Å²) in [6, 6.07) is 12.7. The van der Waals surface area contributed by atoms with Gasteiger partial charge in [-0.15, -0.1) is 0 Å². The summed E-state index contributed by atoms with van der Waals surface area (Å²) in [4.78, 5) is 25.6. The van der Waals surface area contributed by atoms with Crippen molar-refractivity contribution in [3.63, 3.8) is 0 Å². The van der Waals surface area contributed by atoms with Gasteiger partial charge in [-0.1, -0.05) is 29.8 Å². The molecule has 1 aliphatic heterocycles. The molecule has 0 bridgehead atoms. The average molecular weight is 421 g/mol. The zero-order valence-electron chi connectivity index (χ0n) is 13.1. The maximum absolute atomic E-state index is 12.3. The Kier molecular flexibility index (Phi) is 4.57. The van der Waals surface area contributed by atoms with Crippen molar-refractivity contribution in [3.8, 4) is 0 Å². The molecule has 2 aromatic carbocycles. The van der Waals surface area contributed by atoms with Crippen LogP contribution in [0.2, 0.25) is 0 Å². The summed E-state index contributed by atoms with van der Waals surface area (Å²) >= 11 is 3.06. The van der Waals surface area contributed by atoms with Crippen molar-refractivity contribution < 1.29 is 18.0 Å². The Labute approximate surface area is 153 Å². The Morgan fingerprint density at radius 1 is 1.00 bits per heavy atom. The van der Waals surface area contributed by atoms with E-state index < -0.39 is 21.8 Å². The maximum Gasteiger partial charge on any atom is 0.283 e. The fraction of sp³-hybridized carbons (Fsp3) is 0.118. The molecule has 0 unspecified atom stereocenters. The summed E-state index contributed by atoms with van der Waals surface area (Å²) in [5.74, 6) is -0.944. The molecule has 0 spiro atoms. The number of halogens is 1. The summed E-state index contributed by atoms with van der Waals surface area (Å²) in [6.45, 7) is 1.59. The van der Waals surface area contributed by atoms with E-state index in [0.29, 0.717) is 11.1 Å². The van der Waals surface area contributed by atoms with E-state index in [-0.39, 0.29) is 16.1 Å². The highest BCUT2D eigenvalue weighted by Crippen LogP contribution is 2.23. The monoisotopic (exact) mass is 420 g/mol. The molecule has 1 heterocycles. The smallest absolute Gasteiger partial charge is 0.269 e. The lowest BCUT2D eigenvalue weighted by molar-refractivity contribution is 0.0678. The summed E-state index contributed by atoms with van der Waals surface area (Å²) < 4.78 is 28.2. The Balaban J connectivity index is 1.84. The number of benzene rings is 2. The summed E-state index contributed by atoms with van der Waals surface area (Å²) in [5.41, 5.74) is 1.52. The van der Waals surface area contributed by atoms with Gasteiger partial charge in [-0.25, -0.2) is 0 Å². The molecule has 0 atom stereocenters.